The molecule has 2 atom stereocenters. The summed E-state index contributed by atoms with van der Waals surface area (Å²) >= 11 is 0. The number of piperidine rings is 1. The molecular weight excluding hydrogens is 248 g/mol. The smallest absolute Gasteiger partial charge is 0.0950 e. The van der Waals surface area contributed by atoms with E-state index in [0.717, 1.165) is 18.6 Å². The normalized spacial score (nSPS) is 21.1. The summed E-state index contributed by atoms with van der Waals surface area (Å²) in [6, 6.07) is 8.82. The number of aromatic nitrogens is 2. The fraction of sp³-hybridized carbons (Fsp3) is 0.500. The van der Waals surface area contributed by atoms with E-state index in [1.807, 2.05) is 25.4 Å². The van der Waals surface area contributed by atoms with Crippen LogP contribution >= 0.6 is 0 Å². The van der Waals surface area contributed by atoms with Crippen LogP contribution in [-0.4, -0.2) is 36.4 Å². The van der Waals surface area contributed by atoms with Crippen molar-refractivity contribution in [2.24, 2.45) is 5.92 Å². The Bertz CT molecular complexity index is 578. The zero-order valence-corrected chi connectivity index (χ0v) is 12.2. The molecule has 0 amide bonds. The van der Waals surface area contributed by atoms with Gasteiger partial charge < -0.3 is 10.2 Å². The third-order valence-electron chi connectivity index (χ3n) is 4.49. The summed E-state index contributed by atoms with van der Waals surface area (Å²) < 4.78 is 0. The summed E-state index contributed by atoms with van der Waals surface area (Å²) in [5.74, 6) is 0.695. The molecule has 2 aromatic rings. The topological polar surface area (TPSA) is 41.0 Å². The van der Waals surface area contributed by atoms with Gasteiger partial charge in [-0.3, -0.25) is 0 Å². The average molecular weight is 270 g/mol. The van der Waals surface area contributed by atoms with Crippen molar-refractivity contribution in [2.75, 3.05) is 25.0 Å². The quantitative estimate of drug-likeness (QED) is 0.930. The third-order valence-corrected chi connectivity index (χ3v) is 4.49. The van der Waals surface area contributed by atoms with Crippen LogP contribution in [0.25, 0.3) is 10.9 Å². The highest BCUT2D eigenvalue weighted by molar-refractivity contribution is 5.90. The molecule has 1 aliphatic rings. The number of rotatable bonds is 3. The summed E-state index contributed by atoms with van der Waals surface area (Å²) in [5.41, 5.74) is 2.21. The molecule has 0 spiro atoms. The Morgan fingerprint density at radius 1 is 1.35 bits per heavy atom. The van der Waals surface area contributed by atoms with Crippen LogP contribution < -0.4 is 10.2 Å². The van der Waals surface area contributed by atoms with E-state index in [0.29, 0.717) is 12.0 Å². The van der Waals surface area contributed by atoms with E-state index in [1.165, 1.54) is 23.9 Å². The van der Waals surface area contributed by atoms with Gasteiger partial charge in [-0.05, 0) is 38.8 Å². The molecule has 1 aliphatic heterocycles. The second-order valence-corrected chi connectivity index (χ2v) is 5.67. The molecule has 1 fully saturated rings. The fourth-order valence-electron chi connectivity index (χ4n) is 3.12. The van der Waals surface area contributed by atoms with Crippen molar-refractivity contribution < 1.29 is 0 Å². The second kappa shape index (κ2) is 5.75. The van der Waals surface area contributed by atoms with E-state index in [9.17, 15) is 0 Å². The van der Waals surface area contributed by atoms with Crippen LogP contribution in [0, 0.1) is 5.92 Å². The number of hydrogen-bond donors (Lipinski definition) is 1. The van der Waals surface area contributed by atoms with Gasteiger partial charge in [0.15, 0.2) is 0 Å². The van der Waals surface area contributed by atoms with Crippen molar-refractivity contribution in [3.63, 3.8) is 0 Å². The van der Waals surface area contributed by atoms with Crippen LogP contribution in [0.5, 0.6) is 0 Å². The molecule has 0 aliphatic carbocycles. The number of hydrogen-bond acceptors (Lipinski definition) is 4. The van der Waals surface area contributed by atoms with Crippen LogP contribution in [0.4, 0.5) is 5.69 Å². The SMILES string of the molecule is CNC(C)C1CCCN(c2cnnc3ccccc23)C1. The zero-order valence-electron chi connectivity index (χ0n) is 12.2. The summed E-state index contributed by atoms with van der Waals surface area (Å²) in [7, 11) is 2.05. The summed E-state index contributed by atoms with van der Waals surface area (Å²) in [4.78, 5) is 2.47. The number of anilines is 1. The summed E-state index contributed by atoms with van der Waals surface area (Å²) in [6.07, 6.45) is 4.46. The Labute approximate surface area is 120 Å². The molecule has 0 saturated carbocycles. The van der Waals surface area contributed by atoms with Gasteiger partial charge in [0.1, 0.15) is 0 Å². The Morgan fingerprint density at radius 3 is 3.05 bits per heavy atom. The summed E-state index contributed by atoms with van der Waals surface area (Å²) in [6.45, 7) is 4.48. The lowest BCUT2D eigenvalue weighted by Gasteiger charge is -2.37. The highest BCUT2D eigenvalue weighted by Gasteiger charge is 2.25. The molecule has 2 unspecified atom stereocenters. The maximum atomic E-state index is 4.22. The number of nitrogens with one attached hydrogen (secondary N) is 1. The maximum absolute atomic E-state index is 4.22. The molecular formula is C16H22N4. The number of fused-ring (bicyclic) bond motifs is 1. The van der Waals surface area contributed by atoms with Crippen LogP contribution in [-0.2, 0) is 0 Å². The molecule has 0 bridgehead atoms. The fourth-order valence-corrected chi connectivity index (χ4v) is 3.12. The van der Waals surface area contributed by atoms with Crippen molar-refractivity contribution in [1.29, 1.82) is 0 Å². The molecule has 3 rings (SSSR count). The van der Waals surface area contributed by atoms with E-state index >= 15 is 0 Å². The number of nitrogens with zero attached hydrogens (tertiary/aromatic N) is 3. The Hall–Kier alpha value is -1.68. The van der Waals surface area contributed by atoms with Crippen LogP contribution in [0.1, 0.15) is 19.8 Å². The Balaban J connectivity index is 1.91. The van der Waals surface area contributed by atoms with Crippen molar-refractivity contribution in [2.45, 2.75) is 25.8 Å². The molecule has 20 heavy (non-hydrogen) atoms. The van der Waals surface area contributed by atoms with Gasteiger partial charge in [0.2, 0.25) is 0 Å². The van der Waals surface area contributed by atoms with E-state index < -0.39 is 0 Å². The molecule has 1 aromatic heterocycles. The van der Waals surface area contributed by atoms with Gasteiger partial charge in [-0.15, -0.1) is 0 Å². The van der Waals surface area contributed by atoms with Crippen LogP contribution in [0.15, 0.2) is 30.5 Å². The zero-order chi connectivity index (χ0) is 13.9. The minimum absolute atomic E-state index is 0.555. The first kappa shape index (κ1) is 13.3. The first-order chi connectivity index (χ1) is 9.79. The van der Waals surface area contributed by atoms with Gasteiger partial charge >= 0.3 is 0 Å². The predicted molar refractivity (Wildman–Crippen MR) is 83.0 cm³/mol. The monoisotopic (exact) mass is 270 g/mol. The number of benzene rings is 1. The van der Waals surface area contributed by atoms with Crippen molar-refractivity contribution >= 4 is 16.6 Å². The first-order valence-electron chi connectivity index (χ1n) is 7.42. The lowest BCUT2D eigenvalue weighted by Crippen LogP contribution is -2.43. The van der Waals surface area contributed by atoms with Gasteiger partial charge in [0.05, 0.1) is 17.4 Å². The Kier molecular flexibility index (Phi) is 3.83. The molecule has 4 nitrogen and oxygen atoms in total. The first-order valence-corrected chi connectivity index (χ1v) is 7.42. The lowest BCUT2D eigenvalue weighted by molar-refractivity contribution is 0.333. The molecule has 2 heterocycles. The van der Waals surface area contributed by atoms with Crippen molar-refractivity contribution in [3.8, 4) is 0 Å². The van der Waals surface area contributed by atoms with Gasteiger partial charge in [-0.1, -0.05) is 18.2 Å². The van der Waals surface area contributed by atoms with Gasteiger partial charge in [0, 0.05) is 24.5 Å². The molecule has 4 heteroatoms. The molecule has 106 valence electrons. The van der Waals surface area contributed by atoms with E-state index in [4.69, 9.17) is 0 Å². The molecule has 1 aromatic carbocycles. The minimum atomic E-state index is 0.555. The third kappa shape index (κ3) is 2.48. The van der Waals surface area contributed by atoms with Gasteiger partial charge in [0.25, 0.3) is 0 Å². The molecule has 1 saturated heterocycles. The van der Waals surface area contributed by atoms with E-state index in [2.05, 4.69) is 39.5 Å². The lowest BCUT2D eigenvalue weighted by atomic mass is 9.91. The highest BCUT2D eigenvalue weighted by atomic mass is 15.2. The largest absolute Gasteiger partial charge is 0.369 e. The average Bonchev–Trinajstić information content (AvgIpc) is 2.53. The Morgan fingerprint density at radius 2 is 2.20 bits per heavy atom. The molecule has 1 N–H and O–H groups in total. The van der Waals surface area contributed by atoms with Crippen LogP contribution in [0.2, 0.25) is 0 Å². The van der Waals surface area contributed by atoms with Gasteiger partial charge in [-0.2, -0.15) is 10.2 Å². The van der Waals surface area contributed by atoms with Crippen molar-refractivity contribution in [1.82, 2.24) is 15.5 Å². The second-order valence-electron chi connectivity index (χ2n) is 5.67. The van der Waals surface area contributed by atoms with Crippen LogP contribution in [0.3, 0.4) is 0 Å². The van der Waals surface area contributed by atoms with Gasteiger partial charge in [-0.25, -0.2) is 0 Å². The maximum Gasteiger partial charge on any atom is 0.0950 e. The van der Waals surface area contributed by atoms with Crippen molar-refractivity contribution in [3.05, 3.63) is 30.5 Å². The summed E-state index contributed by atoms with van der Waals surface area (Å²) in [5, 5.41) is 13.0. The van der Waals surface area contributed by atoms with E-state index in [-0.39, 0.29) is 0 Å². The predicted octanol–water partition coefficient (Wildman–Crippen LogP) is 2.45. The minimum Gasteiger partial charge on any atom is -0.369 e. The highest BCUT2D eigenvalue weighted by Crippen LogP contribution is 2.29. The molecule has 0 radical (unpaired) electrons. The standard InChI is InChI=1S/C16H22N4/c1-12(17-2)13-6-5-9-20(11-13)16-10-18-19-15-8-4-3-7-14(15)16/h3-4,7-8,10,12-13,17H,5-6,9,11H2,1-2H3. The van der Waals surface area contributed by atoms with E-state index in [1.54, 1.807) is 0 Å².